The lowest BCUT2D eigenvalue weighted by molar-refractivity contribution is -0.147. The fourth-order valence-electron chi connectivity index (χ4n) is 2.06. The predicted molar refractivity (Wildman–Crippen MR) is 79.8 cm³/mol. The first-order valence-electron chi connectivity index (χ1n) is 5.92. The first-order valence-corrected chi connectivity index (χ1v) is 7.83. The molecule has 1 atom stereocenters. The molecule has 1 unspecified atom stereocenters. The monoisotopic (exact) mass is 319 g/mol. The summed E-state index contributed by atoms with van der Waals surface area (Å²) in [5.41, 5.74) is -0.324. The van der Waals surface area contributed by atoms with Gasteiger partial charge in [0.1, 0.15) is 0 Å². The second-order valence-electron chi connectivity index (χ2n) is 4.74. The molecule has 1 saturated heterocycles. The predicted octanol–water partition coefficient (Wildman–Crippen LogP) is 2.82. The lowest BCUT2D eigenvalue weighted by Gasteiger charge is -2.27. The van der Waals surface area contributed by atoms with Gasteiger partial charge in [-0.15, -0.1) is 0 Å². The summed E-state index contributed by atoms with van der Waals surface area (Å²) in [5, 5.41) is 11.2. The maximum atomic E-state index is 12.2. The lowest BCUT2D eigenvalue weighted by Crippen LogP contribution is -2.47. The number of carbonyl (C=O) groups is 1. The van der Waals surface area contributed by atoms with Gasteiger partial charge >= 0.3 is 0 Å². The molecular weight excluding hydrogens is 305 g/mol. The molecule has 0 aliphatic carbocycles. The summed E-state index contributed by atoms with van der Waals surface area (Å²) in [5.74, 6) is 1.06. The number of rotatable bonds is 3. The van der Waals surface area contributed by atoms with Crippen molar-refractivity contribution in [2.45, 2.75) is 18.6 Å². The average Bonchev–Trinajstić information content (AvgIpc) is 2.81. The van der Waals surface area contributed by atoms with Gasteiger partial charge in [0.05, 0.1) is 10.0 Å². The Bertz CT molecular complexity index is 490. The number of benzene rings is 1. The van der Waals surface area contributed by atoms with Crippen LogP contribution in [0.5, 0.6) is 0 Å². The summed E-state index contributed by atoms with van der Waals surface area (Å²) >= 11 is 13.4. The Labute approximate surface area is 126 Å². The van der Waals surface area contributed by atoms with Crippen LogP contribution in [0.1, 0.15) is 12.0 Å². The quantitative estimate of drug-likeness (QED) is 0.931. The van der Waals surface area contributed by atoms with Gasteiger partial charge in [-0.2, -0.15) is 11.8 Å². The highest BCUT2D eigenvalue weighted by atomic mass is 35.5. The Balaban J connectivity index is 2.06. The van der Waals surface area contributed by atoms with Gasteiger partial charge in [0, 0.05) is 19.3 Å². The molecule has 19 heavy (non-hydrogen) atoms. The summed E-state index contributed by atoms with van der Waals surface area (Å²) < 4.78 is 0. The van der Waals surface area contributed by atoms with Gasteiger partial charge in [0.15, 0.2) is 5.60 Å². The molecule has 1 aliphatic heterocycles. The summed E-state index contributed by atoms with van der Waals surface area (Å²) in [6, 6.07) is 5.27. The van der Waals surface area contributed by atoms with Gasteiger partial charge in [-0.25, -0.2) is 0 Å². The molecule has 2 rings (SSSR count). The number of carbonyl (C=O) groups excluding carboxylic acids is 1. The minimum atomic E-state index is -1.21. The summed E-state index contributed by atoms with van der Waals surface area (Å²) in [7, 11) is 1.69. The van der Waals surface area contributed by atoms with Gasteiger partial charge in [-0.05, 0) is 29.9 Å². The number of aliphatic hydroxyl groups is 1. The molecule has 3 nitrogen and oxygen atoms in total. The molecule has 0 bridgehead atoms. The zero-order valence-electron chi connectivity index (χ0n) is 10.5. The van der Waals surface area contributed by atoms with Crippen LogP contribution in [0.2, 0.25) is 10.0 Å². The normalized spacial score (nSPS) is 22.5. The fraction of sp³-hybridized carbons (Fsp3) is 0.462. The van der Waals surface area contributed by atoms with Crippen molar-refractivity contribution in [1.82, 2.24) is 4.90 Å². The number of hydrogen-bond acceptors (Lipinski definition) is 3. The zero-order valence-corrected chi connectivity index (χ0v) is 12.9. The molecule has 1 fully saturated rings. The van der Waals surface area contributed by atoms with Crippen molar-refractivity contribution in [1.29, 1.82) is 0 Å². The molecule has 0 spiro atoms. The van der Waals surface area contributed by atoms with E-state index in [0.717, 1.165) is 11.3 Å². The van der Waals surface area contributed by atoms with E-state index in [9.17, 15) is 9.90 Å². The first kappa shape index (κ1) is 15.0. The molecule has 1 amide bonds. The fourth-order valence-corrected chi connectivity index (χ4v) is 3.61. The maximum absolute atomic E-state index is 12.2. The van der Waals surface area contributed by atoms with E-state index < -0.39 is 5.60 Å². The SMILES string of the molecule is CN(Cc1ccc(Cl)c(Cl)c1)C(=O)C1(O)CCSC1. The van der Waals surface area contributed by atoms with E-state index >= 15 is 0 Å². The third kappa shape index (κ3) is 3.37. The average molecular weight is 320 g/mol. The van der Waals surface area contributed by atoms with Crippen LogP contribution in [0.15, 0.2) is 18.2 Å². The van der Waals surface area contributed by atoms with E-state index in [1.807, 2.05) is 6.07 Å². The number of halogens is 2. The summed E-state index contributed by atoms with van der Waals surface area (Å²) in [6.07, 6.45) is 0.516. The van der Waals surface area contributed by atoms with Crippen LogP contribution in [0.3, 0.4) is 0 Å². The van der Waals surface area contributed by atoms with Crippen LogP contribution in [-0.2, 0) is 11.3 Å². The molecular formula is C13H15Cl2NO2S. The Hall–Kier alpha value is -0.420. The number of nitrogens with zero attached hydrogens (tertiary/aromatic N) is 1. The van der Waals surface area contributed by atoms with Gasteiger partial charge in [0.25, 0.3) is 5.91 Å². The standard InChI is InChI=1S/C13H15Cl2NO2S/c1-16(12(17)13(18)4-5-19-8-13)7-9-2-3-10(14)11(15)6-9/h2-3,6,18H,4-5,7-8H2,1H3. The second kappa shape index (κ2) is 5.92. The van der Waals surface area contributed by atoms with Crippen molar-refractivity contribution >= 4 is 40.9 Å². The number of thioether (sulfide) groups is 1. The van der Waals surface area contributed by atoms with Crippen molar-refractivity contribution in [2.24, 2.45) is 0 Å². The molecule has 1 heterocycles. The van der Waals surface area contributed by atoms with Crippen LogP contribution in [-0.4, -0.2) is 40.1 Å². The Kier molecular flexibility index (Phi) is 4.66. The van der Waals surface area contributed by atoms with E-state index in [0.29, 0.717) is 28.8 Å². The summed E-state index contributed by atoms with van der Waals surface area (Å²) in [4.78, 5) is 13.8. The van der Waals surface area contributed by atoms with Gasteiger partial charge in [-0.3, -0.25) is 4.79 Å². The topological polar surface area (TPSA) is 40.5 Å². The highest BCUT2D eigenvalue weighted by Crippen LogP contribution is 2.30. The number of likely N-dealkylation sites (N-methyl/N-ethyl adjacent to an activating group) is 1. The Morgan fingerprint density at radius 2 is 2.21 bits per heavy atom. The highest BCUT2D eigenvalue weighted by molar-refractivity contribution is 7.99. The van der Waals surface area contributed by atoms with E-state index in [4.69, 9.17) is 23.2 Å². The maximum Gasteiger partial charge on any atom is 0.255 e. The molecule has 1 N–H and O–H groups in total. The van der Waals surface area contributed by atoms with Crippen LogP contribution in [0.4, 0.5) is 0 Å². The third-order valence-corrected chi connectivity index (χ3v) is 5.06. The van der Waals surface area contributed by atoms with E-state index in [1.165, 1.54) is 4.90 Å². The molecule has 1 aromatic carbocycles. The molecule has 104 valence electrons. The smallest absolute Gasteiger partial charge is 0.255 e. The van der Waals surface area contributed by atoms with Gasteiger partial charge in [-0.1, -0.05) is 29.3 Å². The molecule has 0 radical (unpaired) electrons. The van der Waals surface area contributed by atoms with Crippen LogP contribution >= 0.6 is 35.0 Å². The second-order valence-corrected chi connectivity index (χ2v) is 6.66. The van der Waals surface area contributed by atoms with Crippen LogP contribution in [0, 0.1) is 0 Å². The summed E-state index contributed by atoms with van der Waals surface area (Å²) in [6.45, 7) is 0.405. The number of hydrogen-bond donors (Lipinski definition) is 1. The van der Waals surface area contributed by atoms with Crippen molar-refractivity contribution in [2.75, 3.05) is 18.6 Å². The van der Waals surface area contributed by atoms with E-state index in [1.54, 1.807) is 30.9 Å². The van der Waals surface area contributed by atoms with Gasteiger partial charge < -0.3 is 10.0 Å². The van der Waals surface area contributed by atoms with Crippen LogP contribution in [0.25, 0.3) is 0 Å². The minimum Gasteiger partial charge on any atom is -0.379 e. The van der Waals surface area contributed by atoms with Crippen molar-refractivity contribution in [3.05, 3.63) is 33.8 Å². The van der Waals surface area contributed by atoms with E-state index in [-0.39, 0.29) is 5.91 Å². The molecule has 0 saturated carbocycles. The van der Waals surface area contributed by atoms with Crippen molar-refractivity contribution < 1.29 is 9.90 Å². The van der Waals surface area contributed by atoms with Crippen LogP contribution < -0.4 is 0 Å². The molecule has 1 aliphatic rings. The highest BCUT2D eigenvalue weighted by Gasteiger charge is 2.41. The molecule has 6 heteroatoms. The zero-order chi connectivity index (χ0) is 14.0. The first-order chi connectivity index (χ1) is 8.92. The largest absolute Gasteiger partial charge is 0.379 e. The lowest BCUT2D eigenvalue weighted by atomic mass is 10.0. The van der Waals surface area contributed by atoms with Crippen molar-refractivity contribution in [3.8, 4) is 0 Å². The molecule has 1 aromatic rings. The third-order valence-electron chi connectivity index (χ3n) is 3.15. The molecule has 0 aromatic heterocycles. The Morgan fingerprint density at radius 3 is 2.79 bits per heavy atom. The van der Waals surface area contributed by atoms with E-state index in [2.05, 4.69) is 0 Å². The minimum absolute atomic E-state index is 0.233. The van der Waals surface area contributed by atoms with Gasteiger partial charge in [0.2, 0.25) is 0 Å². The van der Waals surface area contributed by atoms with Crippen molar-refractivity contribution in [3.63, 3.8) is 0 Å². The number of amides is 1. The Morgan fingerprint density at radius 1 is 1.47 bits per heavy atom.